The molecule has 0 aromatic heterocycles. The number of hydrogen-bond acceptors (Lipinski definition) is 4. The second-order valence-corrected chi connectivity index (χ2v) is 7.11. The van der Waals surface area contributed by atoms with Crippen LogP contribution in [0.2, 0.25) is 0 Å². The quantitative estimate of drug-likeness (QED) is 0.875. The van der Waals surface area contributed by atoms with Crippen LogP contribution in [0.5, 0.6) is 0 Å². The van der Waals surface area contributed by atoms with Crippen molar-refractivity contribution in [2.45, 2.75) is 31.5 Å². The molecule has 2 aliphatic rings. The highest BCUT2D eigenvalue weighted by molar-refractivity contribution is 7.99. The van der Waals surface area contributed by atoms with Gasteiger partial charge in [-0.05, 0) is 30.5 Å². The van der Waals surface area contributed by atoms with E-state index in [4.69, 9.17) is 0 Å². The van der Waals surface area contributed by atoms with Gasteiger partial charge in [0.2, 0.25) is 5.91 Å². The Kier molecular flexibility index (Phi) is 5.50. The fourth-order valence-corrected chi connectivity index (χ4v) is 3.94. The summed E-state index contributed by atoms with van der Waals surface area (Å²) in [6.45, 7) is 2.30. The lowest BCUT2D eigenvalue weighted by atomic mass is 10.0. The normalized spacial score (nSPS) is 23.1. The van der Waals surface area contributed by atoms with Crippen molar-refractivity contribution in [3.05, 3.63) is 35.4 Å². The van der Waals surface area contributed by atoms with Crippen LogP contribution in [0.15, 0.2) is 18.2 Å². The standard InChI is InChI=1S/C16H21F2N3OS/c17-13-2-1-11(7-14(13)18)8-21-5-3-12(4-6-21)20-16(22)15-9-23-10-19-15/h1-2,7,12,15,19H,3-6,8-10H2,(H,20,22). The van der Waals surface area contributed by atoms with Crippen LogP contribution in [0.1, 0.15) is 18.4 Å². The molecule has 0 bridgehead atoms. The molecule has 1 atom stereocenters. The molecule has 0 radical (unpaired) electrons. The van der Waals surface area contributed by atoms with Gasteiger partial charge >= 0.3 is 0 Å². The fraction of sp³-hybridized carbons (Fsp3) is 0.562. The number of amides is 1. The minimum absolute atomic E-state index is 0.0692. The van der Waals surface area contributed by atoms with Crippen molar-refractivity contribution in [3.63, 3.8) is 0 Å². The number of halogens is 2. The summed E-state index contributed by atoms with van der Waals surface area (Å²) in [7, 11) is 0. The lowest BCUT2D eigenvalue weighted by Crippen LogP contribution is -2.50. The summed E-state index contributed by atoms with van der Waals surface area (Å²) in [5.41, 5.74) is 0.776. The summed E-state index contributed by atoms with van der Waals surface area (Å²) in [6, 6.07) is 4.18. The highest BCUT2D eigenvalue weighted by Crippen LogP contribution is 2.16. The first-order valence-corrected chi connectivity index (χ1v) is 9.05. The zero-order chi connectivity index (χ0) is 16.2. The molecule has 4 nitrogen and oxygen atoms in total. The summed E-state index contributed by atoms with van der Waals surface area (Å²) >= 11 is 1.74. The summed E-state index contributed by atoms with van der Waals surface area (Å²) < 4.78 is 26.2. The smallest absolute Gasteiger partial charge is 0.238 e. The van der Waals surface area contributed by atoms with Crippen molar-refractivity contribution < 1.29 is 13.6 Å². The van der Waals surface area contributed by atoms with E-state index in [-0.39, 0.29) is 18.0 Å². The number of thioether (sulfide) groups is 1. The number of rotatable bonds is 4. The van der Waals surface area contributed by atoms with Crippen molar-refractivity contribution in [2.24, 2.45) is 0 Å². The zero-order valence-corrected chi connectivity index (χ0v) is 13.7. The van der Waals surface area contributed by atoms with E-state index in [1.54, 1.807) is 17.8 Å². The Morgan fingerprint density at radius 3 is 2.74 bits per heavy atom. The highest BCUT2D eigenvalue weighted by Gasteiger charge is 2.26. The first-order chi connectivity index (χ1) is 11.1. The monoisotopic (exact) mass is 341 g/mol. The predicted octanol–water partition coefficient (Wildman–Crippen LogP) is 1.71. The summed E-state index contributed by atoms with van der Waals surface area (Å²) in [4.78, 5) is 14.3. The van der Waals surface area contributed by atoms with Gasteiger partial charge in [-0.2, -0.15) is 0 Å². The lowest BCUT2D eigenvalue weighted by molar-refractivity contribution is -0.123. The molecule has 0 aliphatic carbocycles. The van der Waals surface area contributed by atoms with E-state index < -0.39 is 11.6 Å². The van der Waals surface area contributed by atoms with E-state index in [1.165, 1.54) is 12.1 Å². The van der Waals surface area contributed by atoms with Crippen LogP contribution >= 0.6 is 11.8 Å². The number of nitrogens with one attached hydrogen (secondary N) is 2. The predicted molar refractivity (Wildman–Crippen MR) is 87.0 cm³/mol. The van der Waals surface area contributed by atoms with Crippen molar-refractivity contribution in [2.75, 3.05) is 24.7 Å². The fourth-order valence-electron chi connectivity index (χ4n) is 3.00. The first kappa shape index (κ1) is 16.7. The van der Waals surface area contributed by atoms with Crippen LogP contribution in [0.3, 0.4) is 0 Å². The van der Waals surface area contributed by atoms with Gasteiger partial charge in [-0.25, -0.2) is 8.78 Å². The third kappa shape index (κ3) is 4.43. The summed E-state index contributed by atoms with van der Waals surface area (Å²) in [5, 5.41) is 6.28. The highest BCUT2D eigenvalue weighted by atomic mass is 32.2. The maximum Gasteiger partial charge on any atom is 0.238 e. The number of hydrogen-bond donors (Lipinski definition) is 2. The van der Waals surface area contributed by atoms with E-state index in [0.29, 0.717) is 6.54 Å². The van der Waals surface area contributed by atoms with Gasteiger partial charge in [-0.15, -0.1) is 11.8 Å². The van der Waals surface area contributed by atoms with Crippen LogP contribution in [-0.2, 0) is 11.3 Å². The van der Waals surface area contributed by atoms with Crippen molar-refractivity contribution in [1.82, 2.24) is 15.5 Å². The second-order valence-electron chi connectivity index (χ2n) is 6.08. The molecule has 0 saturated carbocycles. The SMILES string of the molecule is O=C(NC1CCN(Cc2ccc(F)c(F)c2)CC1)C1CSCN1. The average Bonchev–Trinajstić information content (AvgIpc) is 3.07. The molecule has 2 aliphatic heterocycles. The zero-order valence-electron chi connectivity index (χ0n) is 12.9. The third-order valence-corrected chi connectivity index (χ3v) is 5.30. The van der Waals surface area contributed by atoms with E-state index in [0.717, 1.165) is 43.1 Å². The molecule has 2 saturated heterocycles. The van der Waals surface area contributed by atoms with E-state index >= 15 is 0 Å². The number of carbonyl (C=O) groups is 1. The van der Waals surface area contributed by atoms with E-state index in [1.807, 2.05) is 0 Å². The Morgan fingerprint density at radius 1 is 1.30 bits per heavy atom. The first-order valence-electron chi connectivity index (χ1n) is 7.89. The van der Waals surface area contributed by atoms with Gasteiger partial charge in [0.1, 0.15) is 0 Å². The summed E-state index contributed by atoms with van der Waals surface area (Å²) in [6.07, 6.45) is 1.77. The van der Waals surface area contributed by atoms with Gasteiger partial charge in [0.25, 0.3) is 0 Å². The molecule has 2 heterocycles. The molecule has 3 rings (SSSR count). The van der Waals surface area contributed by atoms with Crippen molar-refractivity contribution >= 4 is 17.7 Å². The van der Waals surface area contributed by atoms with Gasteiger partial charge in [-0.3, -0.25) is 15.0 Å². The molecule has 0 spiro atoms. The minimum atomic E-state index is -0.811. The van der Waals surface area contributed by atoms with Crippen LogP contribution in [0.25, 0.3) is 0 Å². The second kappa shape index (κ2) is 7.59. The number of benzene rings is 1. The largest absolute Gasteiger partial charge is 0.352 e. The molecule has 1 amide bonds. The molecule has 126 valence electrons. The lowest BCUT2D eigenvalue weighted by Gasteiger charge is -2.32. The van der Waals surface area contributed by atoms with Gasteiger partial charge in [0.15, 0.2) is 11.6 Å². The van der Waals surface area contributed by atoms with Gasteiger partial charge < -0.3 is 5.32 Å². The van der Waals surface area contributed by atoms with Gasteiger partial charge in [-0.1, -0.05) is 6.07 Å². The number of likely N-dealkylation sites (tertiary alicyclic amines) is 1. The Hall–Kier alpha value is -1.18. The topological polar surface area (TPSA) is 44.4 Å². The van der Waals surface area contributed by atoms with Gasteiger partial charge in [0.05, 0.1) is 6.04 Å². The molecular weight excluding hydrogens is 320 g/mol. The Labute approximate surface area is 139 Å². The maximum absolute atomic E-state index is 13.2. The van der Waals surface area contributed by atoms with Crippen LogP contribution in [0.4, 0.5) is 8.78 Å². The molecule has 1 aromatic rings. The Bertz CT molecular complexity index is 558. The van der Waals surface area contributed by atoms with Crippen molar-refractivity contribution in [3.8, 4) is 0 Å². The number of piperidine rings is 1. The molecule has 23 heavy (non-hydrogen) atoms. The van der Waals surface area contributed by atoms with E-state index in [9.17, 15) is 13.6 Å². The minimum Gasteiger partial charge on any atom is -0.352 e. The Morgan fingerprint density at radius 2 is 2.09 bits per heavy atom. The Balaban J connectivity index is 1.44. The summed E-state index contributed by atoms with van der Waals surface area (Å²) in [5.74, 6) is 0.153. The van der Waals surface area contributed by atoms with Crippen LogP contribution in [-0.4, -0.2) is 47.6 Å². The van der Waals surface area contributed by atoms with Gasteiger partial charge in [0, 0.05) is 37.3 Å². The third-order valence-electron chi connectivity index (χ3n) is 4.36. The molecule has 1 unspecified atom stereocenters. The molecular formula is C16H21F2N3OS. The van der Waals surface area contributed by atoms with Crippen LogP contribution in [0, 0.1) is 11.6 Å². The molecule has 2 fully saturated rings. The molecule has 7 heteroatoms. The van der Waals surface area contributed by atoms with Crippen molar-refractivity contribution in [1.29, 1.82) is 0 Å². The van der Waals surface area contributed by atoms with E-state index in [2.05, 4.69) is 15.5 Å². The maximum atomic E-state index is 13.2. The molecule has 1 aromatic carbocycles. The number of carbonyl (C=O) groups excluding carboxylic acids is 1. The average molecular weight is 341 g/mol. The molecule has 2 N–H and O–H groups in total. The number of nitrogens with zero attached hydrogens (tertiary/aromatic N) is 1. The van der Waals surface area contributed by atoms with Crippen LogP contribution < -0.4 is 10.6 Å².